The highest BCUT2D eigenvalue weighted by atomic mass is 19.1. The minimum atomic E-state index is -0.471. The molecule has 4 heterocycles. The van der Waals surface area contributed by atoms with Crippen LogP contribution in [0.2, 0.25) is 0 Å². The summed E-state index contributed by atoms with van der Waals surface area (Å²) in [6.45, 7) is 0.409. The van der Waals surface area contributed by atoms with Gasteiger partial charge in [0.1, 0.15) is 5.52 Å². The zero-order valence-electron chi connectivity index (χ0n) is 14.3. The second kappa shape index (κ2) is 7.36. The lowest BCUT2D eigenvalue weighted by Crippen LogP contribution is -2.25. The van der Waals surface area contributed by atoms with Crippen molar-refractivity contribution in [2.45, 2.75) is 12.8 Å². The van der Waals surface area contributed by atoms with Gasteiger partial charge in [0.15, 0.2) is 17.2 Å². The molecule has 0 aliphatic carbocycles. The van der Waals surface area contributed by atoms with Crippen molar-refractivity contribution in [2.75, 3.05) is 6.54 Å². The number of rotatable bonds is 6. The normalized spacial score (nSPS) is 11.0. The predicted octanol–water partition coefficient (Wildman–Crippen LogP) is 3.11. The topological polar surface area (TPSA) is 96.7 Å². The van der Waals surface area contributed by atoms with Crippen LogP contribution in [-0.2, 0) is 6.42 Å². The van der Waals surface area contributed by atoms with Gasteiger partial charge in [-0.1, -0.05) is 6.07 Å². The van der Waals surface area contributed by atoms with E-state index < -0.39 is 5.95 Å². The molecule has 0 atom stereocenters. The smallest absolute Gasteiger partial charge is 0.253 e. The molecule has 0 unspecified atom stereocenters. The van der Waals surface area contributed by atoms with Crippen LogP contribution in [0, 0.1) is 5.95 Å². The molecule has 0 bridgehead atoms. The number of nitrogens with one attached hydrogen (secondary N) is 2. The summed E-state index contributed by atoms with van der Waals surface area (Å²) < 4.78 is 18.8. The number of fused-ring (bicyclic) bond motifs is 1. The van der Waals surface area contributed by atoms with E-state index in [1.165, 1.54) is 6.20 Å². The number of H-pyrrole nitrogens is 1. The predicted molar refractivity (Wildman–Crippen MR) is 96.4 cm³/mol. The van der Waals surface area contributed by atoms with Gasteiger partial charge < -0.3 is 14.7 Å². The average molecular weight is 365 g/mol. The summed E-state index contributed by atoms with van der Waals surface area (Å²) in [5.41, 5.74) is 1.93. The van der Waals surface area contributed by atoms with E-state index >= 15 is 0 Å². The van der Waals surface area contributed by atoms with Crippen LogP contribution >= 0.6 is 0 Å². The molecule has 0 spiro atoms. The number of hydrogen-bond donors (Lipinski definition) is 2. The fourth-order valence-corrected chi connectivity index (χ4v) is 2.81. The number of aryl methyl sites for hydroxylation is 1. The van der Waals surface area contributed by atoms with Gasteiger partial charge in [-0.05, 0) is 37.1 Å². The zero-order chi connectivity index (χ0) is 18.6. The Kier molecular flexibility index (Phi) is 4.61. The van der Waals surface area contributed by atoms with E-state index in [2.05, 4.69) is 25.3 Å². The molecule has 0 saturated carbocycles. The lowest BCUT2D eigenvalue weighted by atomic mass is 10.1. The van der Waals surface area contributed by atoms with Crippen molar-refractivity contribution in [2.24, 2.45) is 0 Å². The Morgan fingerprint density at radius 3 is 2.93 bits per heavy atom. The minimum Gasteiger partial charge on any atom is -0.461 e. The number of aromatic nitrogens is 4. The third kappa shape index (κ3) is 3.55. The van der Waals surface area contributed by atoms with Gasteiger partial charge in [0, 0.05) is 24.5 Å². The van der Waals surface area contributed by atoms with E-state index in [-0.39, 0.29) is 5.91 Å². The Morgan fingerprint density at radius 1 is 1.19 bits per heavy atom. The van der Waals surface area contributed by atoms with Gasteiger partial charge in [-0.3, -0.25) is 4.79 Å². The van der Waals surface area contributed by atoms with Crippen molar-refractivity contribution >= 4 is 17.1 Å². The van der Waals surface area contributed by atoms with Crippen LogP contribution in [0.15, 0.2) is 53.4 Å². The summed E-state index contributed by atoms with van der Waals surface area (Å²) >= 11 is 0. The highest BCUT2D eigenvalue weighted by molar-refractivity contribution is 6.04. The summed E-state index contributed by atoms with van der Waals surface area (Å²) in [5.74, 6) is 0.348. The Hall–Kier alpha value is -3.55. The van der Waals surface area contributed by atoms with Gasteiger partial charge in [0.05, 0.1) is 11.8 Å². The molecule has 4 aromatic rings. The van der Waals surface area contributed by atoms with Gasteiger partial charge >= 0.3 is 0 Å². The van der Waals surface area contributed by atoms with Crippen molar-refractivity contribution in [1.29, 1.82) is 0 Å². The van der Waals surface area contributed by atoms with Crippen molar-refractivity contribution in [3.8, 4) is 11.6 Å². The Balaban J connectivity index is 1.44. The van der Waals surface area contributed by atoms with E-state index in [4.69, 9.17) is 4.42 Å². The highest BCUT2D eigenvalue weighted by Crippen LogP contribution is 2.21. The summed E-state index contributed by atoms with van der Waals surface area (Å²) in [5, 5.41) is 2.84. The van der Waals surface area contributed by atoms with E-state index in [0.29, 0.717) is 53.3 Å². The van der Waals surface area contributed by atoms with Crippen LogP contribution in [0.4, 0.5) is 4.39 Å². The maximum Gasteiger partial charge on any atom is 0.253 e. The molecule has 27 heavy (non-hydrogen) atoms. The quantitative estimate of drug-likeness (QED) is 0.404. The van der Waals surface area contributed by atoms with Crippen LogP contribution in [0.5, 0.6) is 0 Å². The fourth-order valence-electron chi connectivity index (χ4n) is 2.81. The summed E-state index contributed by atoms with van der Waals surface area (Å²) in [7, 11) is 0. The number of furan rings is 1. The van der Waals surface area contributed by atoms with Crippen molar-refractivity contribution in [3.05, 3.63) is 66.1 Å². The molecule has 1 amide bonds. The lowest BCUT2D eigenvalue weighted by Gasteiger charge is -2.06. The van der Waals surface area contributed by atoms with E-state index in [9.17, 15) is 9.18 Å². The first kappa shape index (κ1) is 16.9. The Labute approximate surface area is 153 Å². The third-order valence-corrected chi connectivity index (χ3v) is 4.13. The van der Waals surface area contributed by atoms with Crippen LogP contribution in [0.25, 0.3) is 22.7 Å². The number of carbonyl (C=O) groups is 1. The van der Waals surface area contributed by atoms with Crippen LogP contribution in [-0.4, -0.2) is 32.4 Å². The number of imidazole rings is 1. The number of pyridine rings is 2. The number of amides is 1. The second-order valence-corrected chi connectivity index (χ2v) is 5.93. The Bertz CT molecular complexity index is 1070. The van der Waals surface area contributed by atoms with E-state index in [1.807, 2.05) is 0 Å². The van der Waals surface area contributed by atoms with Crippen molar-refractivity contribution in [3.63, 3.8) is 0 Å². The molecule has 4 aromatic heterocycles. The molecule has 0 aliphatic rings. The number of aromatic amines is 1. The van der Waals surface area contributed by atoms with Crippen LogP contribution < -0.4 is 5.32 Å². The second-order valence-electron chi connectivity index (χ2n) is 5.93. The molecule has 0 aromatic carbocycles. The zero-order valence-corrected chi connectivity index (χ0v) is 14.3. The monoisotopic (exact) mass is 365 g/mol. The van der Waals surface area contributed by atoms with Crippen molar-refractivity contribution in [1.82, 2.24) is 25.3 Å². The number of halogens is 1. The maximum absolute atomic E-state index is 13.5. The van der Waals surface area contributed by atoms with E-state index in [1.54, 1.807) is 42.8 Å². The molecule has 2 N–H and O–H groups in total. The summed E-state index contributed by atoms with van der Waals surface area (Å²) in [6.07, 6.45) is 5.61. The van der Waals surface area contributed by atoms with Gasteiger partial charge in [0.25, 0.3) is 5.91 Å². The average Bonchev–Trinajstić information content (AvgIpc) is 3.35. The summed E-state index contributed by atoms with van der Waals surface area (Å²) in [6, 6.07) is 8.53. The molecule has 0 aliphatic heterocycles. The molecular formula is C19H16FN5O2. The lowest BCUT2D eigenvalue weighted by molar-refractivity contribution is 0.0954. The SMILES string of the molecule is O=C(NCCCc1cccnc1F)c1ccnc2[nH]c(-c3ccco3)nc12. The largest absolute Gasteiger partial charge is 0.461 e. The maximum atomic E-state index is 13.5. The number of carbonyl (C=O) groups excluding carboxylic acids is 1. The first-order valence-corrected chi connectivity index (χ1v) is 8.48. The first-order chi connectivity index (χ1) is 13.2. The molecule has 7 nitrogen and oxygen atoms in total. The van der Waals surface area contributed by atoms with Gasteiger partial charge in [0.2, 0.25) is 5.95 Å². The molecular weight excluding hydrogens is 349 g/mol. The third-order valence-electron chi connectivity index (χ3n) is 4.13. The van der Waals surface area contributed by atoms with Crippen molar-refractivity contribution < 1.29 is 13.6 Å². The number of hydrogen-bond acceptors (Lipinski definition) is 5. The first-order valence-electron chi connectivity index (χ1n) is 8.48. The van der Waals surface area contributed by atoms with Crippen LogP contribution in [0.3, 0.4) is 0 Å². The number of nitrogens with zero attached hydrogens (tertiary/aromatic N) is 3. The molecule has 0 fully saturated rings. The molecule has 0 radical (unpaired) electrons. The van der Waals surface area contributed by atoms with E-state index in [0.717, 1.165) is 0 Å². The Morgan fingerprint density at radius 2 is 2.11 bits per heavy atom. The van der Waals surface area contributed by atoms with Crippen LogP contribution in [0.1, 0.15) is 22.3 Å². The molecule has 8 heteroatoms. The minimum absolute atomic E-state index is 0.258. The summed E-state index contributed by atoms with van der Waals surface area (Å²) in [4.78, 5) is 27.8. The van der Waals surface area contributed by atoms with Gasteiger partial charge in [-0.25, -0.2) is 15.0 Å². The standard InChI is InChI=1S/C19H16FN5O2/c20-16-12(4-1-8-21-16)5-2-9-23-19(26)13-7-10-22-18-15(13)24-17(25-18)14-6-3-11-27-14/h1,3-4,6-8,10-11H,2,5,9H2,(H,23,26)(H,22,24,25). The molecule has 0 saturated heterocycles. The fraction of sp³-hybridized carbons (Fsp3) is 0.158. The highest BCUT2D eigenvalue weighted by Gasteiger charge is 2.16. The molecule has 4 rings (SSSR count). The van der Waals surface area contributed by atoms with Gasteiger partial charge in [-0.2, -0.15) is 4.39 Å². The molecule has 136 valence electrons. The van der Waals surface area contributed by atoms with Gasteiger partial charge in [-0.15, -0.1) is 0 Å².